The first-order chi connectivity index (χ1) is 7.47. The van der Waals surface area contributed by atoms with Gasteiger partial charge in [-0.2, -0.15) is 0 Å². The van der Waals surface area contributed by atoms with Crippen LogP contribution in [0, 0.1) is 0 Å². The van der Waals surface area contributed by atoms with Crippen molar-refractivity contribution in [3.63, 3.8) is 0 Å². The molecule has 5 nitrogen and oxygen atoms in total. The van der Waals surface area contributed by atoms with Crippen LogP contribution in [0.4, 0.5) is 0 Å². The monoisotopic (exact) mass is 256 g/mol. The molecule has 0 aliphatic heterocycles. The molecule has 2 aromatic rings. The number of sulfone groups is 1. The van der Waals surface area contributed by atoms with Crippen molar-refractivity contribution in [1.82, 2.24) is 10.2 Å². The molecule has 1 heterocycles. The Balaban J connectivity index is 2.43. The minimum absolute atomic E-state index is 0.175. The second-order valence-electron chi connectivity index (χ2n) is 3.19. The van der Waals surface area contributed by atoms with E-state index in [2.05, 4.69) is 22.8 Å². The fraction of sp³-hybridized carbons (Fsp3) is 0.111. The first-order valence-electron chi connectivity index (χ1n) is 4.30. The van der Waals surface area contributed by atoms with Crippen molar-refractivity contribution >= 4 is 22.5 Å². The molecule has 2 rings (SSSR count). The SMILES string of the molecule is CS(=O)(=O)c1nnc(-c2ccc(S)cc2)o1. The van der Waals surface area contributed by atoms with Crippen molar-refractivity contribution < 1.29 is 12.8 Å². The molecule has 7 heteroatoms. The highest BCUT2D eigenvalue weighted by molar-refractivity contribution is 7.90. The van der Waals surface area contributed by atoms with Gasteiger partial charge in [-0.1, -0.05) is 5.10 Å². The van der Waals surface area contributed by atoms with Crippen LogP contribution < -0.4 is 0 Å². The van der Waals surface area contributed by atoms with Crippen LogP contribution in [0.1, 0.15) is 0 Å². The van der Waals surface area contributed by atoms with Gasteiger partial charge in [-0.05, 0) is 24.3 Å². The summed E-state index contributed by atoms with van der Waals surface area (Å²) in [6, 6.07) is 6.95. The van der Waals surface area contributed by atoms with Crippen molar-refractivity contribution in [2.24, 2.45) is 0 Å². The zero-order valence-electron chi connectivity index (χ0n) is 8.28. The van der Waals surface area contributed by atoms with Crippen LogP contribution >= 0.6 is 12.6 Å². The van der Waals surface area contributed by atoms with Gasteiger partial charge in [0, 0.05) is 16.7 Å². The van der Waals surface area contributed by atoms with E-state index in [1.807, 2.05) is 0 Å². The Morgan fingerprint density at radius 1 is 1.19 bits per heavy atom. The Morgan fingerprint density at radius 2 is 1.81 bits per heavy atom. The molecule has 0 unspecified atom stereocenters. The molecule has 1 aromatic heterocycles. The van der Waals surface area contributed by atoms with Crippen molar-refractivity contribution in [3.8, 4) is 11.5 Å². The lowest BCUT2D eigenvalue weighted by molar-refractivity contribution is 0.442. The lowest BCUT2D eigenvalue weighted by Crippen LogP contribution is -1.96. The molecule has 0 N–H and O–H groups in total. The molecular formula is C9H8N2O3S2. The zero-order chi connectivity index (χ0) is 11.8. The molecule has 0 saturated carbocycles. The molecule has 0 bridgehead atoms. The van der Waals surface area contributed by atoms with E-state index in [1.54, 1.807) is 24.3 Å². The molecule has 0 atom stereocenters. The number of hydrogen-bond acceptors (Lipinski definition) is 6. The largest absolute Gasteiger partial charge is 0.408 e. The summed E-state index contributed by atoms with van der Waals surface area (Å²) in [6.07, 6.45) is 1.01. The molecule has 84 valence electrons. The van der Waals surface area contributed by atoms with Gasteiger partial charge < -0.3 is 4.42 Å². The fourth-order valence-corrected chi connectivity index (χ4v) is 1.65. The Bertz CT molecular complexity index is 602. The van der Waals surface area contributed by atoms with Crippen LogP contribution in [-0.4, -0.2) is 24.9 Å². The number of benzene rings is 1. The Morgan fingerprint density at radius 3 is 2.31 bits per heavy atom. The van der Waals surface area contributed by atoms with E-state index in [9.17, 15) is 8.42 Å². The van der Waals surface area contributed by atoms with E-state index < -0.39 is 9.84 Å². The van der Waals surface area contributed by atoms with Gasteiger partial charge >= 0.3 is 5.22 Å². The van der Waals surface area contributed by atoms with Crippen molar-refractivity contribution in [3.05, 3.63) is 24.3 Å². The quantitative estimate of drug-likeness (QED) is 0.823. The highest BCUT2D eigenvalue weighted by atomic mass is 32.2. The van der Waals surface area contributed by atoms with Gasteiger partial charge in [0.15, 0.2) is 0 Å². The topological polar surface area (TPSA) is 73.1 Å². The second-order valence-corrected chi connectivity index (χ2v) is 5.60. The summed E-state index contributed by atoms with van der Waals surface area (Å²) >= 11 is 4.13. The third-order valence-corrected chi connectivity index (χ3v) is 2.94. The molecule has 0 aliphatic carbocycles. The van der Waals surface area contributed by atoms with E-state index in [4.69, 9.17) is 4.42 Å². The summed E-state index contributed by atoms with van der Waals surface area (Å²) in [7, 11) is -3.45. The van der Waals surface area contributed by atoms with Gasteiger partial charge in [0.2, 0.25) is 15.7 Å². The molecule has 0 amide bonds. The summed E-state index contributed by atoms with van der Waals surface area (Å²) in [5.41, 5.74) is 0.653. The lowest BCUT2D eigenvalue weighted by atomic mass is 10.2. The number of aromatic nitrogens is 2. The second kappa shape index (κ2) is 3.91. The predicted molar refractivity (Wildman–Crippen MR) is 60.1 cm³/mol. The third kappa shape index (κ3) is 2.25. The van der Waals surface area contributed by atoms with Gasteiger partial charge in [0.05, 0.1) is 0 Å². The Hall–Kier alpha value is -1.34. The number of hydrogen-bond donors (Lipinski definition) is 1. The van der Waals surface area contributed by atoms with Crippen LogP contribution in [0.15, 0.2) is 38.8 Å². The summed E-state index contributed by atoms with van der Waals surface area (Å²) in [6.45, 7) is 0. The molecule has 0 radical (unpaired) electrons. The summed E-state index contributed by atoms with van der Waals surface area (Å²) in [5, 5.41) is 6.75. The van der Waals surface area contributed by atoms with E-state index in [-0.39, 0.29) is 11.1 Å². The smallest absolute Gasteiger partial charge is 0.335 e. The standard InChI is InChI=1S/C9H8N2O3S2/c1-16(12,13)9-11-10-8(14-9)6-2-4-7(15)5-3-6/h2-5,15H,1H3. The van der Waals surface area contributed by atoms with E-state index in [1.165, 1.54) is 0 Å². The highest BCUT2D eigenvalue weighted by Gasteiger charge is 2.17. The molecule has 0 aliphatic rings. The molecule has 0 fully saturated rings. The lowest BCUT2D eigenvalue weighted by Gasteiger charge is -1.94. The molecular weight excluding hydrogens is 248 g/mol. The number of rotatable bonds is 2. The van der Waals surface area contributed by atoms with Gasteiger partial charge in [0.25, 0.3) is 0 Å². The van der Waals surface area contributed by atoms with Crippen LogP contribution in [0.2, 0.25) is 0 Å². The first kappa shape index (κ1) is 11.2. The van der Waals surface area contributed by atoms with Gasteiger partial charge in [-0.3, -0.25) is 0 Å². The van der Waals surface area contributed by atoms with Crippen molar-refractivity contribution in [2.45, 2.75) is 10.1 Å². The van der Waals surface area contributed by atoms with Crippen LogP contribution in [0.3, 0.4) is 0 Å². The minimum atomic E-state index is -3.45. The van der Waals surface area contributed by atoms with Crippen molar-refractivity contribution in [2.75, 3.05) is 6.26 Å². The van der Waals surface area contributed by atoms with Gasteiger partial charge in [-0.25, -0.2) is 8.42 Å². The maximum absolute atomic E-state index is 11.1. The average Bonchev–Trinajstić information content (AvgIpc) is 2.67. The third-order valence-electron chi connectivity index (χ3n) is 1.84. The van der Waals surface area contributed by atoms with Crippen molar-refractivity contribution in [1.29, 1.82) is 0 Å². The Labute approximate surface area is 97.8 Å². The van der Waals surface area contributed by atoms with Crippen LogP contribution in [0.25, 0.3) is 11.5 Å². The highest BCUT2D eigenvalue weighted by Crippen LogP contribution is 2.20. The molecule has 1 aromatic carbocycles. The van der Waals surface area contributed by atoms with E-state index >= 15 is 0 Å². The van der Waals surface area contributed by atoms with Gasteiger partial charge in [-0.15, -0.1) is 17.7 Å². The number of thiol groups is 1. The number of nitrogens with zero attached hydrogens (tertiary/aromatic N) is 2. The maximum Gasteiger partial charge on any atom is 0.335 e. The predicted octanol–water partition coefficient (Wildman–Crippen LogP) is 1.43. The molecule has 16 heavy (non-hydrogen) atoms. The fourth-order valence-electron chi connectivity index (χ4n) is 1.08. The Kier molecular flexibility index (Phi) is 2.73. The van der Waals surface area contributed by atoms with Gasteiger partial charge in [0.1, 0.15) is 0 Å². The first-order valence-corrected chi connectivity index (χ1v) is 6.63. The summed E-state index contributed by atoms with van der Waals surface area (Å²) < 4.78 is 27.3. The maximum atomic E-state index is 11.1. The van der Waals surface area contributed by atoms with E-state index in [0.29, 0.717) is 5.56 Å². The minimum Gasteiger partial charge on any atom is -0.408 e. The average molecular weight is 256 g/mol. The normalized spacial score (nSPS) is 11.6. The van der Waals surface area contributed by atoms with E-state index in [0.717, 1.165) is 11.2 Å². The van der Waals surface area contributed by atoms with Crippen LogP contribution in [-0.2, 0) is 9.84 Å². The molecule has 0 spiro atoms. The molecule has 0 saturated heterocycles. The zero-order valence-corrected chi connectivity index (χ0v) is 9.99. The van der Waals surface area contributed by atoms with Crippen LogP contribution in [0.5, 0.6) is 0 Å². The summed E-state index contributed by atoms with van der Waals surface area (Å²) in [4.78, 5) is 0.798. The summed E-state index contributed by atoms with van der Waals surface area (Å²) in [5.74, 6) is 0.175.